The van der Waals surface area contributed by atoms with Crippen LogP contribution in [-0.2, 0) is 4.79 Å². The van der Waals surface area contributed by atoms with Gasteiger partial charge in [0.25, 0.3) is 5.91 Å². The van der Waals surface area contributed by atoms with Crippen LogP contribution in [0.15, 0.2) is 24.3 Å². The van der Waals surface area contributed by atoms with Crippen molar-refractivity contribution in [3.05, 3.63) is 29.8 Å². The monoisotopic (exact) mass is 288 g/mol. The van der Waals surface area contributed by atoms with E-state index in [1.807, 2.05) is 12.1 Å². The Morgan fingerprint density at radius 1 is 1.33 bits per heavy atom. The van der Waals surface area contributed by atoms with Gasteiger partial charge >= 0.3 is 0 Å². The first-order valence-electron chi connectivity index (χ1n) is 7.39. The number of nitrogens with one attached hydrogen (secondary N) is 1. The van der Waals surface area contributed by atoms with Crippen LogP contribution in [0.25, 0.3) is 0 Å². The molecule has 21 heavy (non-hydrogen) atoms. The molecule has 1 heterocycles. The Hall–Kier alpha value is -2.04. The number of likely N-dealkylation sites (tertiary alicyclic amines) is 1. The molecular weight excluding hydrogens is 268 g/mol. The van der Waals surface area contributed by atoms with Gasteiger partial charge < -0.3 is 15.0 Å². The first kappa shape index (κ1) is 13.9. The van der Waals surface area contributed by atoms with Crippen molar-refractivity contribution in [3.8, 4) is 5.75 Å². The summed E-state index contributed by atoms with van der Waals surface area (Å²) in [6.07, 6.45) is 2.90. The Morgan fingerprint density at radius 2 is 2.05 bits per heavy atom. The van der Waals surface area contributed by atoms with Crippen LogP contribution in [0.5, 0.6) is 5.75 Å². The first-order valence-corrected chi connectivity index (χ1v) is 7.39. The van der Waals surface area contributed by atoms with Crippen molar-refractivity contribution in [2.24, 2.45) is 5.92 Å². The highest BCUT2D eigenvalue weighted by Crippen LogP contribution is 2.29. The van der Waals surface area contributed by atoms with Crippen molar-refractivity contribution in [2.45, 2.75) is 25.3 Å². The van der Waals surface area contributed by atoms with Crippen LogP contribution in [0, 0.1) is 5.92 Å². The lowest BCUT2D eigenvalue weighted by Gasteiger charge is -2.12. The summed E-state index contributed by atoms with van der Waals surface area (Å²) in [6.45, 7) is 1.34. The van der Waals surface area contributed by atoms with E-state index in [0.29, 0.717) is 24.4 Å². The van der Waals surface area contributed by atoms with Crippen molar-refractivity contribution in [1.29, 1.82) is 0 Å². The van der Waals surface area contributed by atoms with E-state index in [2.05, 4.69) is 5.32 Å². The number of amides is 2. The van der Waals surface area contributed by atoms with Crippen molar-refractivity contribution < 1.29 is 14.3 Å². The Balaban J connectivity index is 1.53. The number of hydrogen-bond donors (Lipinski definition) is 1. The fraction of sp³-hybridized carbons (Fsp3) is 0.500. The highest BCUT2D eigenvalue weighted by molar-refractivity contribution is 5.95. The molecule has 2 amide bonds. The van der Waals surface area contributed by atoms with Crippen molar-refractivity contribution >= 4 is 11.8 Å². The molecule has 1 atom stereocenters. The smallest absolute Gasteiger partial charge is 0.251 e. The molecule has 1 aromatic carbocycles. The molecule has 2 aliphatic rings. The first-order chi connectivity index (χ1) is 10.1. The fourth-order valence-electron chi connectivity index (χ4n) is 2.43. The third-order valence-corrected chi connectivity index (χ3v) is 3.98. The summed E-state index contributed by atoms with van der Waals surface area (Å²) < 4.78 is 5.64. The van der Waals surface area contributed by atoms with E-state index in [1.165, 1.54) is 12.8 Å². The molecule has 0 unspecified atom stereocenters. The molecule has 5 heteroatoms. The lowest BCUT2D eigenvalue weighted by molar-refractivity contribution is -0.126. The summed E-state index contributed by atoms with van der Waals surface area (Å²) in [5, 5.41) is 2.89. The van der Waals surface area contributed by atoms with Gasteiger partial charge in [0.05, 0.1) is 12.6 Å². The van der Waals surface area contributed by atoms with Crippen molar-refractivity contribution in [2.75, 3.05) is 20.2 Å². The maximum atomic E-state index is 12.1. The van der Waals surface area contributed by atoms with Gasteiger partial charge in [-0.3, -0.25) is 9.59 Å². The fourth-order valence-corrected chi connectivity index (χ4v) is 2.43. The molecular formula is C16H20N2O3. The van der Waals surface area contributed by atoms with E-state index in [9.17, 15) is 9.59 Å². The molecule has 1 aliphatic carbocycles. The zero-order valence-corrected chi connectivity index (χ0v) is 12.2. The van der Waals surface area contributed by atoms with Gasteiger partial charge in [0.15, 0.2) is 0 Å². The summed E-state index contributed by atoms with van der Waals surface area (Å²) in [7, 11) is 1.75. The second-order valence-electron chi connectivity index (χ2n) is 5.93. The minimum Gasteiger partial charge on any atom is -0.493 e. The minimum atomic E-state index is -0.142. The summed E-state index contributed by atoms with van der Waals surface area (Å²) >= 11 is 0. The van der Waals surface area contributed by atoms with Gasteiger partial charge in [-0.15, -0.1) is 0 Å². The van der Waals surface area contributed by atoms with E-state index in [4.69, 9.17) is 4.74 Å². The van der Waals surface area contributed by atoms with Crippen molar-refractivity contribution in [3.63, 3.8) is 0 Å². The molecule has 1 N–H and O–H groups in total. The number of rotatable bonds is 5. The molecule has 0 aromatic heterocycles. The molecule has 112 valence electrons. The summed E-state index contributed by atoms with van der Waals surface area (Å²) in [5.41, 5.74) is 0.593. The molecule has 0 spiro atoms. The Morgan fingerprint density at radius 3 is 2.62 bits per heavy atom. The quantitative estimate of drug-likeness (QED) is 0.892. The largest absolute Gasteiger partial charge is 0.493 e. The molecule has 5 nitrogen and oxygen atoms in total. The van der Waals surface area contributed by atoms with Gasteiger partial charge in [-0.25, -0.2) is 0 Å². The number of nitrogens with zero attached hydrogens (tertiary/aromatic N) is 1. The van der Waals surface area contributed by atoms with Crippen LogP contribution in [-0.4, -0.2) is 43.0 Å². The Labute approximate surface area is 124 Å². The highest BCUT2D eigenvalue weighted by atomic mass is 16.5. The van der Waals surface area contributed by atoms with Crippen LogP contribution in [0.2, 0.25) is 0 Å². The van der Waals surface area contributed by atoms with E-state index in [1.54, 1.807) is 24.1 Å². The van der Waals surface area contributed by atoms with Gasteiger partial charge in [-0.2, -0.15) is 0 Å². The predicted molar refractivity (Wildman–Crippen MR) is 78.2 cm³/mol. The van der Waals surface area contributed by atoms with Gasteiger partial charge in [-0.1, -0.05) is 0 Å². The average molecular weight is 288 g/mol. The number of hydrogen-bond acceptors (Lipinski definition) is 3. The Bertz CT molecular complexity index is 537. The van der Waals surface area contributed by atoms with E-state index >= 15 is 0 Å². The molecule has 0 bridgehead atoms. The molecule has 1 aliphatic heterocycles. The summed E-state index contributed by atoms with van der Waals surface area (Å²) in [4.78, 5) is 25.2. The second kappa shape index (κ2) is 5.76. The predicted octanol–water partition coefficient (Wildman–Crippen LogP) is 1.44. The SMILES string of the molecule is CN1C[C@H](NC(=O)c2ccc(OCC3CC3)cc2)CC1=O. The number of carbonyl (C=O) groups excluding carboxylic acids is 2. The normalized spacial score (nSPS) is 21.5. The van der Waals surface area contributed by atoms with Crippen LogP contribution in [0.3, 0.4) is 0 Å². The summed E-state index contributed by atoms with van der Waals surface area (Å²) in [5.74, 6) is 1.44. The minimum absolute atomic E-state index is 0.0733. The number of ether oxygens (including phenoxy) is 1. The molecule has 3 rings (SSSR count). The maximum Gasteiger partial charge on any atom is 0.251 e. The standard InChI is InChI=1S/C16H20N2O3/c1-18-9-13(8-15(18)19)17-16(20)12-4-6-14(7-5-12)21-10-11-2-3-11/h4-7,11,13H,2-3,8-10H2,1H3,(H,17,20)/t13-/m1/s1. The lowest BCUT2D eigenvalue weighted by atomic mass is 10.2. The van der Waals surface area contributed by atoms with E-state index in [-0.39, 0.29) is 17.9 Å². The zero-order chi connectivity index (χ0) is 14.8. The van der Waals surface area contributed by atoms with Gasteiger partial charge in [0.1, 0.15) is 5.75 Å². The van der Waals surface area contributed by atoms with E-state index < -0.39 is 0 Å². The molecule has 1 saturated heterocycles. The lowest BCUT2D eigenvalue weighted by Crippen LogP contribution is -2.36. The van der Waals surface area contributed by atoms with E-state index in [0.717, 1.165) is 12.4 Å². The summed E-state index contributed by atoms with van der Waals surface area (Å²) in [6, 6.07) is 7.07. The van der Waals surface area contributed by atoms with Crippen LogP contribution in [0.1, 0.15) is 29.6 Å². The third-order valence-electron chi connectivity index (χ3n) is 3.98. The van der Waals surface area contributed by atoms with Gasteiger partial charge in [0, 0.05) is 25.6 Å². The number of carbonyl (C=O) groups is 2. The van der Waals surface area contributed by atoms with Gasteiger partial charge in [0.2, 0.25) is 5.91 Å². The molecule has 2 fully saturated rings. The van der Waals surface area contributed by atoms with Crippen molar-refractivity contribution in [1.82, 2.24) is 10.2 Å². The topological polar surface area (TPSA) is 58.6 Å². The zero-order valence-electron chi connectivity index (χ0n) is 12.2. The van der Waals surface area contributed by atoms with Crippen LogP contribution < -0.4 is 10.1 Å². The second-order valence-corrected chi connectivity index (χ2v) is 5.93. The molecule has 1 aromatic rings. The molecule has 0 radical (unpaired) electrons. The number of benzene rings is 1. The average Bonchev–Trinajstić information content (AvgIpc) is 3.24. The maximum absolute atomic E-state index is 12.1. The van der Waals surface area contributed by atoms with Crippen LogP contribution >= 0.6 is 0 Å². The Kier molecular flexibility index (Phi) is 3.82. The number of likely N-dealkylation sites (N-methyl/N-ethyl adjacent to an activating group) is 1. The third kappa shape index (κ3) is 3.54. The van der Waals surface area contributed by atoms with Crippen LogP contribution in [0.4, 0.5) is 0 Å². The highest BCUT2D eigenvalue weighted by Gasteiger charge is 2.28. The molecule has 1 saturated carbocycles. The van der Waals surface area contributed by atoms with Gasteiger partial charge in [-0.05, 0) is 43.0 Å².